The van der Waals surface area contributed by atoms with Crippen LogP contribution < -0.4 is 14.8 Å². The van der Waals surface area contributed by atoms with Gasteiger partial charge in [0.1, 0.15) is 23.5 Å². The molecule has 0 radical (unpaired) electrons. The van der Waals surface area contributed by atoms with Gasteiger partial charge in [0.2, 0.25) is 5.91 Å². The van der Waals surface area contributed by atoms with E-state index in [1.165, 1.54) is 4.90 Å². The van der Waals surface area contributed by atoms with Crippen molar-refractivity contribution >= 4 is 22.9 Å². The van der Waals surface area contributed by atoms with Crippen molar-refractivity contribution in [3.63, 3.8) is 0 Å². The number of nitrogens with zero attached hydrogens (tertiary/aromatic N) is 2. The zero-order chi connectivity index (χ0) is 22.9. The van der Waals surface area contributed by atoms with Crippen molar-refractivity contribution in [2.75, 3.05) is 19.7 Å². The number of amides is 2. The summed E-state index contributed by atoms with van der Waals surface area (Å²) < 4.78 is 17.5. The molecule has 32 heavy (non-hydrogen) atoms. The van der Waals surface area contributed by atoms with Crippen LogP contribution in [0.1, 0.15) is 40.0 Å². The normalized spacial score (nSPS) is 21.8. The zero-order valence-electron chi connectivity index (χ0n) is 18.6. The molecule has 9 heteroatoms. The van der Waals surface area contributed by atoms with Crippen molar-refractivity contribution in [2.45, 2.75) is 57.8 Å². The highest BCUT2D eigenvalue weighted by molar-refractivity contribution is 5.89. The van der Waals surface area contributed by atoms with Crippen molar-refractivity contribution in [1.82, 2.24) is 15.2 Å². The number of aromatic hydroxyl groups is 1. The molecule has 1 fully saturated rings. The van der Waals surface area contributed by atoms with Crippen molar-refractivity contribution in [2.24, 2.45) is 0 Å². The Morgan fingerprint density at radius 3 is 2.94 bits per heavy atom. The summed E-state index contributed by atoms with van der Waals surface area (Å²) in [4.78, 5) is 31.6. The summed E-state index contributed by atoms with van der Waals surface area (Å²) in [6, 6.07) is 4.37. The summed E-state index contributed by atoms with van der Waals surface area (Å²) >= 11 is 0. The third kappa shape index (κ3) is 4.81. The summed E-state index contributed by atoms with van der Waals surface area (Å²) in [6.45, 7) is 6.40. The van der Waals surface area contributed by atoms with Crippen molar-refractivity contribution in [1.29, 1.82) is 0 Å². The van der Waals surface area contributed by atoms with Crippen molar-refractivity contribution in [3.05, 3.63) is 24.4 Å². The minimum Gasteiger partial charge on any atom is -0.504 e. The van der Waals surface area contributed by atoms with Crippen LogP contribution in [0.3, 0.4) is 0 Å². The largest absolute Gasteiger partial charge is 0.504 e. The van der Waals surface area contributed by atoms with Crippen molar-refractivity contribution < 1.29 is 28.9 Å². The van der Waals surface area contributed by atoms with Crippen LogP contribution in [0.5, 0.6) is 17.2 Å². The van der Waals surface area contributed by atoms with Crippen LogP contribution in [0.2, 0.25) is 0 Å². The van der Waals surface area contributed by atoms with Crippen LogP contribution in [0.25, 0.3) is 10.9 Å². The molecule has 172 valence electrons. The first kappa shape index (κ1) is 22.0. The van der Waals surface area contributed by atoms with Crippen LogP contribution >= 0.6 is 0 Å². The fraction of sp³-hybridized carbons (Fsp3) is 0.522. The lowest BCUT2D eigenvalue weighted by Gasteiger charge is -2.39. The average molecular weight is 444 g/mol. The number of hydrogen-bond donors (Lipinski definition) is 2. The predicted molar refractivity (Wildman–Crippen MR) is 117 cm³/mol. The summed E-state index contributed by atoms with van der Waals surface area (Å²) in [5.74, 6) is 0.637. The van der Waals surface area contributed by atoms with Crippen LogP contribution in [0.15, 0.2) is 24.4 Å². The average Bonchev–Trinajstić information content (AvgIpc) is 2.73. The van der Waals surface area contributed by atoms with Gasteiger partial charge < -0.3 is 24.6 Å². The molecule has 1 aromatic heterocycles. The summed E-state index contributed by atoms with van der Waals surface area (Å²) in [7, 11) is 0. The highest BCUT2D eigenvalue weighted by atomic mass is 16.6. The molecule has 4 bridgehead atoms. The molecule has 2 N–H and O–H groups in total. The highest BCUT2D eigenvalue weighted by Gasteiger charge is 2.39. The standard InChI is InChI=1S/C23H29N3O6/c1-23(2,3)32-22(29)26-9-7-14-12-18(26)21(28)24-8-4-10-30-20-16-11-15(31-14)13-25-17(16)5-6-19(20)27/h5-6,11,13-14,18,27H,4,7-10,12H2,1-3H3,(H,24,28)/t14-,18-/m0/s1. The lowest BCUT2D eigenvalue weighted by atomic mass is 9.98. The third-order valence-corrected chi connectivity index (χ3v) is 5.42. The Balaban J connectivity index is 1.62. The summed E-state index contributed by atoms with van der Waals surface area (Å²) in [5.41, 5.74) is 0.0305. The fourth-order valence-corrected chi connectivity index (χ4v) is 3.95. The molecular weight excluding hydrogens is 414 g/mol. The molecule has 1 saturated heterocycles. The minimum atomic E-state index is -0.694. The van der Waals surface area contributed by atoms with E-state index in [0.29, 0.717) is 61.4 Å². The number of likely N-dealkylation sites (tertiary alicyclic amines) is 1. The number of nitrogens with one attached hydrogen (secondary N) is 1. The second-order valence-electron chi connectivity index (χ2n) is 9.10. The van der Waals surface area contributed by atoms with Crippen LogP contribution in [-0.2, 0) is 9.53 Å². The Hall–Kier alpha value is -3.23. The second kappa shape index (κ2) is 8.72. The molecule has 2 amide bonds. The Bertz CT molecular complexity index is 1020. The van der Waals surface area contributed by atoms with E-state index in [-0.39, 0.29) is 17.8 Å². The molecule has 2 aromatic rings. The molecule has 4 rings (SSSR count). The number of carbonyl (C=O) groups is 2. The Morgan fingerprint density at radius 1 is 1.34 bits per heavy atom. The lowest BCUT2D eigenvalue weighted by Crippen LogP contribution is -2.56. The van der Waals surface area contributed by atoms with E-state index in [4.69, 9.17) is 14.2 Å². The van der Waals surface area contributed by atoms with E-state index in [1.54, 1.807) is 45.2 Å². The maximum atomic E-state index is 13.0. The van der Waals surface area contributed by atoms with E-state index in [0.717, 1.165) is 0 Å². The number of benzene rings is 1. The first-order valence-electron chi connectivity index (χ1n) is 10.9. The van der Waals surface area contributed by atoms with E-state index in [1.807, 2.05) is 0 Å². The molecule has 0 saturated carbocycles. The molecule has 0 spiro atoms. The van der Waals surface area contributed by atoms with Gasteiger partial charge in [0.05, 0.1) is 18.3 Å². The van der Waals surface area contributed by atoms with Gasteiger partial charge in [0.15, 0.2) is 11.5 Å². The third-order valence-electron chi connectivity index (χ3n) is 5.42. The molecule has 1 aromatic carbocycles. The number of carbonyl (C=O) groups excluding carboxylic acids is 2. The van der Waals surface area contributed by atoms with Gasteiger partial charge in [0, 0.05) is 31.3 Å². The molecule has 2 aliphatic heterocycles. The number of phenolic OH excluding ortho intramolecular Hbond substituents is 1. The number of piperidine rings is 1. The number of hydrogen-bond acceptors (Lipinski definition) is 7. The molecule has 2 atom stereocenters. The number of pyridine rings is 1. The highest BCUT2D eigenvalue weighted by Crippen LogP contribution is 2.36. The molecule has 3 heterocycles. The Kier molecular flexibility index (Phi) is 5.99. The van der Waals surface area contributed by atoms with E-state index < -0.39 is 17.7 Å². The second-order valence-corrected chi connectivity index (χ2v) is 9.10. The first-order chi connectivity index (χ1) is 15.2. The maximum absolute atomic E-state index is 13.0. The molecule has 0 aliphatic carbocycles. The lowest BCUT2D eigenvalue weighted by molar-refractivity contribution is -0.129. The van der Waals surface area contributed by atoms with Crippen LogP contribution in [-0.4, -0.2) is 64.4 Å². The number of ether oxygens (including phenoxy) is 3. The number of fused-ring (bicyclic) bond motifs is 3. The minimum absolute atomic E-state index is 0.0262. The monoisotopic (exact) mass is 443 g/mol. The predicted octanol–water partition coefficient (Wildman–Crippen LogP) is 2.99. The van der Waals surface area contributed by atoms with Crippen LogP contribution in [0, 0.1) is 0 Å². The van der Waals surface area contributed by atoms with Gasteiger partial charge in [-0.2, -0.15) is 0 Å². The number of aromatic nitrogens is 1. The van der Waals surface area contributed by atoms with E-state index in [2.05, 4.69) is 10.3 Å². The number of rotatable bonds is 0. The number of phenols is 1. The zero-order valence-corrected chi connectivity index (χ0v) is 18.6. The molecular formula is C23H29N3O6. The molecule has 0 unspecified atom stereocenters. The summed E-state index contributed by atoms with van der Waals surface area (Å²) in [6.07, 6.45) is 2.25. The fourth-order valence-electron chi connectivity index (χ4n) is 3.95. The van der Waals surface area contributed by atoms with Gasteiger partial charge in [-0.25, -0.2) is 4.79 Å². The molecule has 9 nitrogen and oxygen atoms in total. The molecule has 2 aliphatic rings. The topological polar surface area (TPSA) is 110 Å². The summed E-state index contributed by atoms with van der Waals surface area (Å²) in [5, 5.41) is 13.8. The van der Waals surface area contributed by atoms with Crippen molar-refractivity contribution in [3.8, 4) is 17.2 Å². The van der Waals surface area contributed by atoms with Gasteiger partial charge >= 0.3 is 6.09 Å². The van der Waals surface area contributed by atoms with Gasteiger partial charge in [-0.1, -0.05) is 0 Å². The van der Waals surface area contributed by atoms with Crippen LogP contribution in [0.4, 0.5) is 4.79 Å². The van der Waals surface area contributed by atoms with E-state index in [9.17, 15) is 14.7 Å². The maximum Gasteiger partial charge on any atom is 0.410 e. The van der Waals surface area contributed by atoms with Gasteiger partial charge in [-0.3, -0.25) is 14.7 Å². The van der Waals surface area contributed by atoms with Gasteiger partial charge in [-0.15, -0.1) is 0 Å². The Labute approximate surface area is 186 Å². The Morgan fingerprint density at radius 2 is 2.16 bits per heavy atom. The van der Waals surface area contributed by atoms with Gasteiger partial charge in [-0.05, 0) is 45.4 Å². The quantitative estimate of drug-likeness (QED) is 0.644. The smallest absolute Gasteiger partial charge is 0.410 e. The van der Waals surface area contributed by atoms with Gasteiger partial charge in [0.25, 0.3) is 0 Å². The SMILES string of the molecule is CC(C)(C)OC(=O)N1CC[C@H]2C[C@H]1C(=O)NCCCOc1c(O)ccc3ncc(cc13)O2. The first-order valence-corrected chi connectivity index (χ1v) is 10.9. The van der Waals surface area contributed by atoms with E-state index >= 15 is 0 Å².